The van der Waals surface area contributed by atoms with E-state index >= 15 is 0 Å². The summed E-state index contributed by atoms with van der Waals surface area (Å²) < 4.78 is 0. The molecule has 0 spiro atoms. The van der Waals surface area contributed by atoms with Gasteiger partial charge in [0.25, 0.3) is 0 Å². The first-order valence-corrected chi connectivity index (χ1v) is 5.51. The van der Waals surface area contributed by atoms with E-state index in [1.54, 1.807) is 0 Å². The van der Waals surface area contributed by atoms with Gasteiger partial charge in [0.05, 0.1) is 0 Å². The fraction of sp³-hybridized carbons (Fsp3) is 0.900. The van der Waals surface area contributed by atoms with Crippen LogP contribution in [0.1, 0.15) is 12.8 Å². The van der Waals surface area contributed by atoms with Crippen molar-refractivity contribution in [3.63, 3.8) is 0 Å². The van der Waals surface area contributed by atoms with Crippen molar-refractivity contribution in [3.05, 3.63) is 0 Å². The van der Waals surface area contributed by atoms with Crippen molar-refractivity contribution in [2.45, 2.75) is 17.7 Å². The molecule has 5 aliphatic carbocycles. The van der Waals surface area contributed by atoms with E-state index in [0.29, 0.717) is 5.92 Å². The molecule has 0 radical (unpaired) electrons. The van der Waals surface area contributed by atoms with Crippen LogP contribution < -0.4 is 5.73 Å². The smallest absolute Gasteiger partial charge is 0.238 e. The molecule has 0 saturated heterocycles. The third kappa shape index (κ3) is 0.512. The largest absolute Gasteiger partial charge is 0.368 e. The van der Waals surface area contributed by atoms with Gasteiger partial charge in [-0.05, 0) is 48.3 Å². The van der Waals surface area contributed by atoms with Crippen molar-refractivity contribution in [2.75, 3.05) is 0 Å². The first kappa shape index (κ1) is 7.10. The number of rotatable bonds is 1. The van der Waals surface area contributed by atoms with E-state index in [9.17, 15) is 4.79 Å². The standard InChI is InChI=1S/C10H12ClNO/c11-10(9(12)13)2-5-3-1-4-6(5)7(4)8(3)10/h3-8H,1-2H2,(H2,12,13). The molecule has 5 fully saturated rings. The molecule has 13 heavy (non-hydrogen) atoms. The number of carbonyl (C=O) groups excluding carboxylic acids is 1. The Hall–Kier alpha value is -0.240. The highest BCUT2D eigenvalue weighted by atomic mass is 35.5. The van der Waals surface area contributed by atoms with E-state index in [2.05, 4.69) is 0 Å². The topological polar surface area (TPSA) is 43.1 Å². The van der Waals surface area contributed by atoms with Crippen molar-refractivity contribution in [1.29, 1.82) is 0 Å². The lowest BCUT2D eigenvalue weighted by Gasteiger charge is -2.27. The SMILES string of the molecule is NC(=O)C1(Cl)CC2C3CC4C2C4C31. The quantitative estimate of drug-likeness (QED) is 0.626. The maximum absolute atomic E-state index is 11.3. The number of alkyl halides is 1. The van der Waals surface area contributed by atoms with E-state index in [-0.39, 0.29) is 5.91 Å². The van der Waals surface area contributed by atoms with Crippen LogP contribution in [0.15, 0.2) is 0 Å². The lowest BCUT2D eigenvalue weighted by molar-refractivity contribution is -0.122. The molecule has 0 aliphatic heterocycles. The van der Waals surface area contributed by atoms with Gasteiger partial charge >= 0.3 is 0 Å². The summed E-state index contributed by atoms with van der Waals surface area (Å²) in [6, 6.07) is 0. The molecular formula is C10H12ClNO. The second kappa shape index (κ2) is 1.65. The molecular weight excluding hydrogens is 186 g/mol. The predicted molar refractivity (Wildman–Crippen MR) is 48.0 cm³/mol. The molecule has 0 aromatic heterocycles. The van der Waals surface area contributed by atoms with E-state index in [1.807, 2.05) is 0 Å². The monoisotopic (exact) mass is 197 g/mol. The molecule has 1 amide bonds. The molecule has 5 saturated carbocycles. The minimum Gasteiger partial charge on any atom is -0.368 e. The van der Waals surface area contributed by atoms with Crippen molar-refractivity contribution in [2.24, 2.45) is 41.2 Å². The van der Waals surface area contributed by atoms with Gasteiger partial charge in [-0.1, -0.05) is 0 Å². The zero-order chi connectivity index (χ0) is 8.96. The number of hydrogen-bond donors (Lipinski definition) is 1. The maximum atomic E-state index is 11.3. The second-order valence-corrected chi connectivity index (χ2v) is 6.01. The first-order valence-electron chi connectivity index (χ1n) is 5.13. The average Bonchev–Trinajstić information content (AvgIpc) is 2.48. The Labute approximate surface area is 81.8 Å². The first-order chi connectivity index (χ1) is 6.14. The Morgan fingerprint density at radius 3 is 2.54 bits per heavy atom. The van der Waals surface area contributed by atoms with Crippen molar-refractivity contribution in [3.8, 4) is 0 Å². The molecule has 70 valence electrons. The normalized spacial score (nSPS) is 70.2. The molecule has 6 bridgehead atoms. The number of nitrogens with two attached hydrogens (primary N) is 1. The van der Waals surface area contributed by atoms with Gasteiger partial charge in [0.2, 0.25) is 5.91 Å². The van der Waals surface area contributed by atoms with Crippen LogP contribution >= 0.6 is 11.6 Å². The minimum atomic E-state index is -0.651. The second-order valence-electron chi connectivity index (χ2n) is 5.34. The summed E-state index contributed by atoms with van der Waals surface area (Å²) in [5.41, 5.74) is 5.41. The van der Waals surface area contributed by atoms with Crippen LogP contribution in [0.25, 0.3) is 0 Å². The summed E-state index contributed by atoms with van der Waals surface area (Å²) in [5, 5.41) is 0. The molecule has 3 heteroatoms. The molecule has 7 atom stereocenters. The summed E-state index contributed by atoms with van der Waals surface area (Å²) >= 11 is 6.37. The molecule has 5 rings (SSSR count). The predicted octanol–water partition coefficient (Wildman–Crippen LogP) is 0.981. The third-order valence-electron chi connectivity index (χ3n) is 5.23. The van der Waals surface area contributed by atoms with E-state index in [4.69, 9.17) is 17.3 Å². The van der Waals surface area contributed by atoms with Crippen LogP contribution in [0.3, 0.4) is 0 Å². The number of amides is 1. The fourth-order valence-corrected chi connectivity index (χ4v) is 5.49. The molecule has 2 nitrogen and oxygen atoms in total. The van der Waals surface area contributed by atoms with Crippen LogP contribution in [-0.2, 0) is 4.79 Å². The Morgan fingerprint density at radius 2 is 2.08 bits per heavy atom. The Balaban J connectivity index is 1.84. The van der Waals surface area contributed by atoms with Gasteiger partial charge < -0.3 is 5.73 Å². The van der Waals surface area contributed by atoms with Crippen LogP contribution in [0.5, 0.6) is 0 Å². The summed E-state index contributed by atoms with van der Waals surface area (Å²) in [6.45, 7) is 0. The van der Waals surface area contributed by atoms with Gasteiger partial charge in [0.15, 0.2) is 0 Å². The average molecular weight is 198 g/mol. The molecule has 0 aromatic carbocycles. The van der Waals surface area contributed by atoms with Crippen molar-refractivity contribution >= 4 is 17.5 Å². The van der Waals surface area contributed by atoms with Gasteiger partial charge in [-0.25, -0.2) is 0 Å². The Bertz CT molecular complexity index is 331. The summed E-state index contributed by atoms with van der Waals surface area (Å²) in [5.74, 6) is 4.36. The minimum absolute atomic E-state index is 0.266. The summed E-state index contributed by atoms with van der Waals surface area (Å²) in [4.78, 5) is 10.7. The Kier molecular flexibility index (Phi) is 0.900. The lowest BCUT2D eigenvalue weighted by atomic mass is 9.87. The van der Waals surface area contributed by atoms with Crippen LogP contribution in [-0.4, -0.2) is 10.8 Å². The molecule has 0 aromatic rings. The molecule has 2 N–H and O–H groups in total. The Morgan fingerprint density at radius 1 is 1.31 bits per heavy atom. The van der Waals surface area contributed by atoms with E-state index < -0.39 is 4.87 Å². The van der Waals surface area contributed by atoms with Crippen LogP contribution in [0.4, 0.5) is 0 Å². The maximum Gasteiger partial charge on any atom is 0.238 e. The highest BCUT2D eigenvalue weighted by molar-refractivity contribution is 6.35. The van der Waals surface area contributed by atoms with Crippen molar-refractivity contribution < 1.29 is 4.79 Å². The van der Waals surface area contributed by atoms with Gasteiger partial charge in [0.1, 0.15) is 4.87 Å². The fourth-order valence-electron chi connectivity index (χ4n) is 5.00. The number of primary amides is 1. The highest BCUT2D eigenvalue weighted by Crippen LogP contribution is 2.83. The number of carbonyl (C=O) groups is 1. The van der Waals surface area contributed by atoms with Gasteiger partial charge in [-0.3, -0.25) is 4.79 Å². The number of hydrogen-bond acceptors (Lipinski definition) is 1. The number of halogens is 1. The summed E-state index contributed by atoms with van der Waals surface area (Å²) in [7, 11) is 0. The zero-order valence-electron chi connectivity index (χ0n) is 7.24. The van der Waals surface area contributed by atoms with E-state index in [0.717, 1.165) is 36.0 Å². The van der Waals surface area contributed by atoms with Crippen LogP contribution in [0, 0.1) is 35.5 Å². The van der Waals surface area contributed by atoms with Gasteiger partial charge in [-0.2, -0.15) is 0 Å². The highest BCUT2D eigenvalue weighted by Gasteiger charge is 2.82. The van der Waals surface area contributed by atoms with Gasteiger partial charge in [0, 0.05) is 0 Å². The molecule has 7 unspecified atom stereocenters. The molecule has 5 aliphatic rings. The summed E-state index contributed by atoms with van der Waals surface area (Å²) in [6.07, 6.45) is 2.21. The third-order valence-corrected chi connectivity index (χ3v) is 5.82. The molecule has 0 heterocycles. The zero-order valence-corrected chi connectivity index (χ0v) is 8.00. The van der Waals surface area contributed by atoms with Crippen LogP contribution in [0.2, 0.25) is 0 Å². The van der Waals surface area contributed by atoms with E-state index in [1.165, 1.54) is 6.42 Å². The van der Waals surface area contributed by atoms with Crippen molar-refractivity contribution in [1.82, 2.24) is 0 Å². The lowest BCUT2D eigenvalue weighted by Crippen LogP contribution is -2.44. The van der Waals surface area contributed by atoms with Gasteiger partial charge in [-0.15, -0.1) is 11.6 Å².